The van der Waals surface area contributed by atoms with Crippen molar-refractivity contribution in [3.8, 4) is 11.1 Å². The number of nitrogens with zero attached hydrogens (tertiary/aromatic N) is 2. The van der Waals surface area contributed by atoms with Gasteiger partial charge in [-0.15, -0.1) is 0 Å². The molecular weight excluding hydrogens is 512 g/mol. The fourth-order valence-electron chi connectivity index (χ4n) is 5.17. The topological polar surface area (TPSA) is 83.7 Å². The molecule has 9 heteroatoms. The van der Waals surface area contributed by atoms with Gasteiger partial charge in [-0.3, -0.25) is 9.59 Å². The third kappa shape index (κ3) is 5.70. The van der Waals surface area contributed by atoms with Crippen LogP contribution in [0.2, 0.25) is 5.02 Å². The smallest absolute Gasteiger partial charge is 0.303 e. The Bertz CT molecular complexity index is 1470. The molecule has 0 unspecified atom stereocenters. The maximum atomic E-state index is 14.0. The monoisotopic (exact) mass is 537 g/mol. The van der Waals surface area contributed by atoms with Crippen LogP contribution < -0.4 is 5.32 Å². The number of imidazole rings is 1. The molecule has 2 N–H and O–H groups in total. The second-order valence-corrected chi connectivity index (χ2v) is 10.2. The van der Waals surface area contributed by atoms with E-state index < -0.39 is 23.5 Å². The number of amides is 1. The summed E-state index contributed by atoms with van der Waals surface area (Å²) in [5.74, 6) is -2.20. The fourth-order valence-corrected chi connectivity index (χ4v) is 5.36. The first-order valence-corrected chi connectivity index (χ1v) is 12.9. The molecule has 4 aromatic rings. The van der Waals surface area contributed by atoms with Gasteiger partial charge in [-0.1, -0.05) is 35.9 Å². The minimum atomic E-state index is -0.827. The van der Waals surface area contributed by atoms with Crippen LogP contribution in [0.25, 0.3) is 16.8 Å². The number of carboxylic acids is 1. The average Bonchev–Trinajstić information content (AvgIpc) is 3.32. The van der Waals surface area contributed by atoms with E-state index in [-0.39, 0.29) is 35.2 Å². The van der Waals surface area contributed by atoms with Crippen LogP contribution in [0.1, 0.15) is 59.6 Å². The molecule has 2 aromatic carbocycles. The molecule has 1 saturated carbocycles. The van der Waals surface area contributed by atoms with E-state index in [2.05, 4.69) is 34.6 Å². The Hall–Kier alpha value is -3.78. The second-order valence-electron chi connectivity index (χ2n) is 9.78. The number of rotatable bonds is 7. The predicted molar refractivity (Wildman–Crippen MR) is 140 cm³/mol. The lowest BCUT2D eigenvalue weighted by molar-refractivity contribution is -0.138. The molecule has 196 valence electrons. The van der Waals surface area contributed by atoms with Gasteiger partial charge in [0.2, 0.25) is 0 Å². The molecule has 1 aliphatic rings. The lowest BCUT2D eigenvalue weighted by Gasteiger charge is -2.28. The van der Waals surface area contributed by atoms with E-state index >= 15 is 0 Å². The normalized spacial score (nSPS) is 17.4. The first-order valence-electron chi connectivity index (χ1n) is 12.5. The molecule has 0 radical (unpaired) electrons. The zero-order valence-electron chi connectivity index (χ0n) is 20.5. The number of carbonyl (C=O) groups excluding carboxylic acids is 1. The molecular formula is C29H26ClF2N3O3. The highest BCUT2D eigenvalue weighted by Gasteiger charge is 2.24. The summed E-state index contributed by atoms with van der Waals surface area (Å²) >= 11 is 5.65. The van der Waals surface area contributed by atoms with Crippen molar-refractivity contribution in [1.82, 2.24) is 14.7 Å². The van der Waals surface area contributed by atoms with Crippen molar-refractivity contribution in [2.75, 3.05) is 0 Å². The van der Waals surface area contributed by atoms with Crippen molar-refractivity contribution in [2.45, 2.75) is 44.6 Å². The molecule has 6 nitrogen and oxygen atoms in total. The lowest BCUT2D eigenvalue weighted by atomic mass is 9.77. The van der Waals surface area contributed by atoms with E-state index in [0.717, 1.165) is 48.9 Å². The number of benzene rings is 2. The van der Waals surface area contributed by atoms with E-state index in [9.17, 15) is 18.4 Å². The van der Waals surface area contributed by atoms with Crippen LogP contribution in [0.5, 0.6) is 0 Å². The number of halogens is 3. The molecule has 0 atom stereocenters. The molecule has 1 aliphatic carbocycles. The Kier molecular flexibility index (Phi) is 7.42. The largest absolute Gasteiger partial charge is 0.481 e. The maximum absolute atomic E-state index is 14.0. The van der Waals surface area contributed by atoms with Crippen molar-refractivity contribution < 1.29 is 23.5 Å². The van der Waals surface area contributed by atoms with Crippen LogP contribution in [0.3, 0.4) is 0 Å². The molecule has 2 aromatic heterocycles. The minimum absolute atomic E-state index is 0.0546. The first kappa shape index (κ1) is 25.9. The summed E-state index contributed by atoms with van der Waals surface area (Å²) in [7, 11) is 0. The number of carbonyl (C=O) groups is 2. The summed E-state index contributed by atoms with van der Waals surface area (Å²) in [4.78, 5) is 27.9. The molecule has 2 heterocycles. The number of aromatic nitrogens is 2. The van der Waals surface area contributed by atoms with Gasteiger partial charge in [-0.25, -0.2) is 13.8 Å². The highest BCUT2D eigenvalue weighted by molar-refractivity contribution is 6.30. The van der Waals surface area contributed by atoms with Gasteiger partial charge in [-0.05, 0) is 78.5 Å². The lowest BCUT2D eigenvalue weighted by Crippen LogP contribution is -2.24. The summed E-state index contributed by atoms with van der Waals surface area (Å²) in [5.41, 5.74) is 3.65. The van der Waals surface area contributed by atoms with Gasteiger partial charge in [0, 0.05) is 35.9 Å². The van der Waals surface area contributed by atoms with Gasteiger partial charge < -0.3 is 14.8 Å². The quantitative estimate of drug-likeness (QED) is 0.278. The molecule has 0 saturated heterocycles. The fraction of sp³-hybridized carbons (Fsp3) is 0.276. The van der Waals surface area contributed by atoms with Crippen LogP contribution in [0, 0.1) is 17.6 Å². The number of fused-ring (bicyclic) bond motifs is 1. The van der Waals surface area contributed by atoms with Gasteiger partial charge in [0.05, 0.1) is 0 Å². The molecule has 5 rings (SSSR count). The minimum Gasteiger partial charge on any atom is -0.481 e. The summed E-state index contributed by atoms with van der Waals surface area (Å²) < 4.78 is 29.8. The van der Waals surface area contributed by atoms with Crippen LogP contribution >= 0.6 is 11.6 Å². The first-order chi connectivity index (χ1) is 18.3. The third-order valence-electron chi connectivity index (χ3n) is 7.24. The number of pyridine rings is 1. The van der Waals surface area contributed by atoms with Gasteiger partial charge in [0.15, 0.2) is 0 Å². The van der Waals surface area contributed by atoms with E-state index in [0.29, 0.717) is 11.6 Å². The van der Waals surface area contributed by atoms with E-state index in [1.54, 1.807) is 10.6 Å². The summed E-state index contributed by atoms with van der Waals surface area (Å²) in [6.07, 6.45) is 7.59. The molecule has 38 heavy (non-hydrogen) atoms. The van der Waals surface area contributed by atoms with Gasteiger partial charge in [0.25, 0.3) is 5.91 Å². The number of hydrogen-bond donors (Lipinski definition) is 2. The number of hydrogen-bond acceptors (Lipinski definition) is 3. The van der Waals surface area contributed by atoms with Gasteiger partial charge in [0.1, 0.15) is 23.0 Å². The zero-order valence-corrected chi connectivity index (χ0v) is 21.2. The summed E-state index contributed by atoms with van der Waals surface area (Å²) in [6.45, 7) is -0.333. The average molecular weight is 538 g/mol. The van der Waals surface area contributed by atoms with E-state index in [1.807, 2.05) is 18.3 Å². The molecule has 0 bridgehead atoms. The van der Waals surface area contributed by atoms with Crippen LogP contribution in [0.15, 0.2) is 60.9 Å². The van der Waals surface area contributed by atoms with Crippen molar-refractivity contribution >= 4 is 29.1 Å². The Morgan fingerprint density at radius 1 is 0.974 bits per heavy atom. The van der Waals surface area contributed by atoms with Gasteiger partial charge >= 0.3 is 5.97 Å². The maximum Gasteiger partial charge on any atom is 0.303 e. The Morgan fingerprint density at radius 3 is 2.29 bits per heavy atom. The van der Waals surface area contributed by atoms with Crippen molar-refractivity contribution in [2.24, 2.45) is 5.92 Å². The standard InChI is InChI=1S/C29H26ClF2N3O3/c30-22-12-24(31)23(25(32)13-22)14-33-29(38)26-16-35-15-21(9-10-27(35)34-26)20-7-5-19(6-8-20)18-3-1-17(2-4-18)11-28(36)37/h5-10,12-13,15-18H,1-4,11,14H2,(H,33,38)(H,36,37)/t17-,18-. The summed E-state index contributed by atoms with van der Waals surface area (Å²) in [5, 5.41) is 11.5. The van der Waals surface area contributed by atoms with Crippen molar-refractivity contribution in [3.63, 3.8) is 0 Å². The van der Waals surface area contributed by atoms with E-state index in [1.165, 1.54) is 5.56 Å². The Morgan fingerprint density at radius 2 is 1.63 bits per heavy atom. The van der Waals surface area contributed by atoms with E-state index in [4.69, 9.17) is 16.7 Å². The van der Waals surface area contributed by atoms with Crippen molar-refractivity contribution in [3.05, 3.63) is 94.4 Å². The Balaban J connectivity index is 1.25. The summed E-state index contributed by atoms with van der Waals surface area (Å²) in [6, 6.07) is 14.1. The SMILES string of the molecule is O=C(O)C[C@H]1CC[C@H](c2ccc(-c3ccc4nc(C(=O)NCc5c(F)cc(Cl)cc5F)cn4c3)cc2)CC1. The van der Waals surface area contributed by atoms with Gasteiger partial charge in [-0.2, -0.15) is 0 Å². The third-order valence-corrected chi connectivity index (χ3v) is 7.46. The molecule has 1 fully saturated rings. The Labute approximate surface area is 223 Å². The second kappa shape index (κ2) is 10.9. The van der Waals surface area contributed by atoms with Crippen LogP contribution in [0.4, 0.5) is 8.78 Å². The number of nitrogens with one attached hydrogen (secondary N) is 1. The van der Waals surface area contributed by atoms with Crippen molar-refractivity contribution in [1.29, 1.82) is 0 Å². The number of carboxylic acid groups (broad SMARTS) is 1. The van der Waals surface area contributed by atoms with Crippen LogP contribution in [-0.2, 0) is 11.3 Å². The van der Waals surface area contributed by atoms with Crippen LogP contribution in [-0.4, -0.2) is 26.4 Å². The highest BCUT2D eigenvalue weighted by Crippen LogP contribution is 2.37. The predicted octanol–water partition coefficient (Wildman–Crippen LogP) is 6.61. The molecule has 0 spiro atoms. The molecule has 0 aliphatic heterocycles. The molecule has 1 amide bonds. The highest BCUT2D eigenvalue weighted by atomic mass is 35.5. The zero-order chi connectivity index (χ0) is 26.8. The number of aliphatic carboxylic acids is 1.